The third kappa shape index (κ3) is 2.25. The van der Waals surface area contributed by atoms with Crippen molar-refractivity contribution in [2.75, 3.05) is 21.3 Å². The monoisotopic (exact) mass is 216 g/mol. The zero-order valence-corrected chi connectivity index (χ0v) is 10.4. The van der Waals surface area contributed by atoms with Crippen LogP contribution in [-0.2, 0) is 13.3 Å². The van der Waals surface area contributed by atoms with Crippen LogP contribution in [0.1, 0.15) is 19.8 Å². The van der Waals surface area contributed by atoms with Gasteiger partial charge in [-0.2, -0.15) is 0 Å². The van der Waals surface area contributed by atoms with Gasteiger partial charge in [-0.15, -0.1) is 0 Å². The van der Waals surface area contributed by atoms with Crippen LogP contribution in [-0.4, -0.2) is 30.1 Å². The Morgan fingerprint density at radius 2 is 1.71 bits per heavy atom. The molecule has 0 spiro atoms. The highest BCUT2D eigenvalue weighted by molar-refractivity contribution is 6.62. The van der Waals surface area contributed by atoms with E-state index in [1.807, 2.05) is 0 Å². The summed E-state index contributed by atoms with van der Waals surface area (Å²) < 4.78 is 16.4. The summed E-state index contributed by atoms with van der Waals surface area (Å²) in [5.74, 6) is 0.692. The highest BCUT2D eigenvalue weighted by atomic mass is 28.4. The summed E-state index contributed by atoms with van der Waals surface area (Å²) >= 11 is 0. The average Bonchev–Trinajstić information content (AvgIpc) is 2.22. The highest BCUT2D eigenvalue weighted by Crippen LogP contribution is 2.36. The summed E-state index contributed by atoms with van der Waals surface area (Å²) in [6.45, 7) is 2.25. The van der Waals surface area contributed by atoms with Crippen LogP contribution in [0.3, 0.4) is 0 Å². The standard InChI is InChI=1S/C10H20O3Si/c1-9-6-5-7-10(8-9)14(11-2,12-3)13-4/h5,7,9-10H,6,8H2,1-4H3. The van der Waals surface area contributed by atoms with Gasteiger partial charge in [0.15, 0.2) is 0 Å². The Morgan fingerprint density at radius 1 is 1.14 bits per heavy atom. The molecule has 1 rings (SSSR count). The first-order chi connectivity index (χ1) is 6.68. The lowest BCUT2D eigenvalue weighted by Gasteiger charge is -2.33. The first-order valence-electron chi connectivity index (χ1n) is 5.00. The Balaban J connectivity index is 2.77. The van der Waals surface area contributed by atoms with Gasteiger partial charge in [-0.05, 0) is 18.8 Å². The molecule has 0 aromatic rings. The molecule has 14 heavy (non-hydrogen) atoms. The molecular weight excluding hydrogens is 196 g/mol. The van der Waals surface area contributed by atoms with E-state index in [4.69, 9.17) is 13.3 Å². The smallest absolute Gasteiger partial charge is 0.376 e. The fraction of sp³-hybridized carbons (Fsp3) is 0.800. The van der Waals surface area contributed by atoms with Gasteiger partial charge in [-0.1, -0.05) is 19.1 Å². The van der Waals surface area contributed by atoms with Crippen LogP contribution in [0.5, 0.6) is 0 Å². The molecule has 0 aromatic heterocycles. The first-order valence-corrected chi connectivity index (χ1v) is 6.80. The van der Waals surface area contributed by atoms with Gasteiger partial charge in [0.2, 0.25) is 0 Å². The van der Waals surface area contributed by atoms with Crippen molar-refractivity contribution in [3.05, 3.63) is 12.2 Å². The van der Waals surface area contributed by atoms with Gasteiger partial charge < -0.3 is 13.3 Å². The topological polar surface area (TPSA) is 27.7 Å². The van der Waals surface area contributed by atoms with Crippen LogP contribution in [0.2, 0.25) is 5.54 Å². The van der Waals surface area contributed by atoms with Crippen molar-refractivity contribution in [3.8, 4) is 0 Å². The molecule has 82 valence electrons. The van der Waals surface area contributed by atoms with E-state index in [9.17, 15) is 0 Å². The van der Waals surface area contributed by atoms with Crippen molar-refractivity contribution in [1.29, 1.82) is 0 Å². The molecule has 2 unspecified atom stereocenters. The van der Waals surface area contributed by atoms with E-state index < -0.39 is 8.80 Å². The zero-order chi connectivity index (χ0) is 10.6. The third-order valence-electron chi connectivity index (χ3n) is 2.87. The van der Waals surface area contributed by atoms with Crippen LogP contribution in [0.4, 0.5) is 0 Å². The van der Waals surface area contributed by atoms with Crippen molar-refractivity contribution in [1.82, 2.24) is 0 Å². The number of hydrogen-bond donors (Lipinski definition) is 0. The molecule has 0 saturated carbocycles. The normalized spacial score (nSPS) is 28.0. The summed E-state index contributed by atoms with van der Waals surface area (Å²) in [5, 5.41) is 0. The summed E-state index contributed by atoms with van der Waals surface area (Å²) in [6, 6.07) is 0. The SMILES string of the molecule is CO[Si](OC)(OC)C1C=CCC(C)C1. The molecule has 0 heterocycles. The van der Waals surface area contributed by atoms with Gasteiger partial charge >= 0.3 is 8.80 Å². The minimum atomic E-state index is -2.45. The van der Waals surface area contributed by atoms with Gasteiger partial charge in [0.1, 0.15) is 0 Å². The second-order valence-electron chi connectivity index (χ2n) is 3.83. The van der Waals surface area contributed by atoms with Crippen molar-refractivity contribution in [2.45, 2.75) is 25.3 Å². The molecule has 0 aliphatic heterocycles. The predicted molar refractivity (Wildman–Crippen MR) is 58.1 cm³/mol. The zero-order valence-electron chi connectivity index (χ0n) is 9.45. The maximum absolute atomic E-state index is 5.47. The molecule has 1 aliphatic carbocycles. The van der Waals surface area contributed by atoms with E-state index in [1.165, 1.54) is 0 Å². The molecule has 4 heteroatoms. The fourth-order valence-corrected chi connectivity index (χ4v) is 4.52. The first kappa shape index (κ1) is 11.9. The van der Waals surface area contributed by atoms with Crippen molar-refractivity contribution in [2.24, 2.45) is 5.92 Å². The van der Waals surface area contributed by atoms with E-state index >= 15 is 0 Å². The van der Waals surface area contributed by atoms with Crippen LogP contribution >= 0.6 is 0 Å². The molecule has 2 atom stereocenters. The van der Waals surface area contributed by atoms with E-state index in [-0.39, 0.29) is 0 Å². The van der Waals surface area contributed by atoms with Gasteiger partial charge in [0, 0.05) is 26.9 Å². The maximum Gasteiger partial charge on any atom is 0.507 e. The Bertz CT molecular complexity index is 193. The van der Waals surface area contributed by atoms with E-state index in [0.29, 0.717) is 11.5 Å². The quantitative estimate of drug-likeness (QED) is 0.533. The molecule has 0 bridgehead atoms. The molecule has 3 nitrogen and oxygen atoms in total. The summed E-state index contributed by atoms with van der Waals surface area (Å²) in [4.78, 5) is 0. The van der Waals surface area contributed by atoms with Crippen LogP contribution in [0.15, 0.2) is 12.2 Å². The largest absolute Gasteiger partial charge is 0.507 e. The van der Waals surface area contributed by atoms with Crippen molar-refractivity contribution < 1.29 is 13.3 Å². The average molecular weight is 216 g/mol. The van der Waals surface area contributed by atoms with Crippen LogP contribution < -0.4 is 0 Å². The summed E-state index contributed by atoms with van der Waals surface area (Å²) in [5.41, 5.74) is 0.311. The number of allylic oxidation sites excluding steroid dienone is 2. The van der Waals surface area contributed by atoms with Crippen molar-refractivity contribution >= 4 is 8.80 Å². The summed E-state index contributed by atoms with van der Waals surface area (Å²) in [6.07, 6.45) is 6.64. The second-order valence-corrected chi connectivity index (χ2v) is 7.00. The number of hydrogen-bond acceptors (Lipinski definition) is 3. The van der Waals surface area contributed by atoms with Gasteiger partial charge in [0.05, 0.1) is 0 Å². The Morgan fingerprint density at radius 3 is 2.14 bits per heavy atom. The molecule has 0 aromatic carbocycles. The molecule has 0 amide bonds. The highest BCUT2D eigenvalue weighted by Gasteiger charge is 2.46. The summed E-state index contributed by atoms with van der Waals surface area (Å²) in [7, 11) is 2.57. The lowest BCUT2D eigenvalue weighted by Crippen LogP contribution is -2.48. The van der Waals surface area contributed by atoms with Gasteiger partial charge in [0.25, 0.3) is 0 Å². The van der Waals surface area contributed by atoms with E-state index in [2.05, 4.69) is 19.1 Å². The predicted octanol–water partition coefficient (Wildman–Crippen LogP) is 2.22. The minimum absolute atomic E-state index is 0.311. The molecule has 0 saturated heterocycles. The van der Waals surface area contributed by atoms with E-state index in [1.54, 1.807) is 21.3 Å². The molecule has 1 aliphatic rings. The Kier molecular flexibility index (Phi) is 4.31. The minimum Gasteiger partial charge on any atom is -0.376 e. The lowest BCUT2D eigenvalue weighted by atomic mass is 9.96. The van der Waals surface area contributed by atoms with Gasteiger partial charge in [-0.3, -0.25) is 0 Å². The lowest BCUT2D eigenvalue weighted by molar-refractivity contribution is 0.112. The molecule has 0 radical (unpaired) electrons. The Labute approximate surface area is 87.4 Å². The number of rotatable bonds is 4. The van der Waals surface area contributed by atoms with Gasteiger partial charge in [-0.25, -0.2) is 0 Å². The van der Waals surface area contributed by atoms with Crippen LogP contribution in [0, 0.1) is 5.92 Å². The van der Waals surface area contributed by atoms with E-state index in [0.717, 1.165) is 12.8 Å². The maximum atomic E-state index is 5.47. The molecule has 0 fully saturated rings. The molecule has 0 N–H and O–H groups in total. The third-order valence-corrected chi connectivity index (χ3v) is 5.91. The fourth-order valence-electron chi connectivity index (χ4n) is 2.05. The van der Waals surface area contributed by atoms with Crippen LogP contribution in [0.25, 0.3) is 0 Å². The Hall–Kier alpha value is -0.163. The second kappa shape index (κ2) is 5.07. The molecular formula is C10H20O3Si. The van der Waals surface area contributed by atoms with Crippen molar-refractivity contribution in [3.63, 3.8) is 0 Å².